The standard InChI is InChI=1S/C17H23N3/c1-3-10-19-13-15-4-6-17(7-5-15)20(2)14-16-8-11-18-12-9-16/h4-9,11-12,19H,3,10,13-14H2,1-2H3. The number of aromatic nitrogens is 1. The fraction of sp³-hybridized carbons (Fsp3) is 0.353. The van der Waals surface area contributed by atoms with Crippen LogP contribution in [-0.4, -0.2) is 18.6 Å². The van der Waals surface area contributed by atoms with Crippen LogP contribution < -0.4 is 10.2 Å². The lowest BCUT2D eigenvalue weighted by molar-refractivity contribution is 0.675. The summed E-state index contributed by atoms with van der Waals surface area (Å²) < 4.78 is 0. The summed E-state index contributed by atoms with van der Waals surface area (Å²) in [4.78, 5) is 6.30. The zero-order chi connectivity index (χ0) is 14.2. The lowest BCUT2D eigenvalue weighted by Gasteiger charge is -2.19. The minimum atomic E-state index is 0.899. The Morgan fingerprint density at radius 3 is 2.35 bits per heavy atom. The van der Waals surface area contributed by atoms with Crippen LogP contribution in [-0.2, 0) is 13.1 Å². The molecule has 0 aliphatic rings. The normalized spacial score (nSPS) is 10.5. The van der Waals surface area contributed by atoms with Gasteiger partial charge in [0.1, 0.15) is 0 Å². The van der Waals surface area contributed by atoms with E-state index in [1.807, 2.05) is 12.4 Å². The van der Waals surface area contributed by atoms with Gasteiger partial charge in [-0.1, -0.05) is 19.1 Å². The largest absolute Gasteiger partial charge is 0.370 e. The Morgan fingerprint density at radius 2 is 1.70 bits per heavy atom. The topological polar surface area (TPSA) is 28.2 Å². The second-order valence-electron chi connectivity index (χ2n) is 5.05. The molecule has 0 amide bonds. The molecule has 0 aliphatic heterocycles. The van der Waals surface area contributed by atoms with Crippen molar-refractivity contribution in [1.29, 1.82) is 0 Å². The number of hydrogen-bond donors (Lipinski definition) is 1. The molecule has 0 saturated heterocycles. The molecule has 0 atom stereocenters. The highest BCUT2D eigenvalue weighted by molar-refractivity contribution is 5.47. The van der Waals surface area contributed by atoms with Crippen LogP contribution in [0.3, 0.4) is 0 Å². The van der Waals surface area contributed by atoms with Crippen LogP contribution in [0.1, 0.15) is 24.5 Å². The van der Waals surface area contributed by atoms with Crippen molar-refractivity contribution in [2.75, 3.05) is 18.5 Å². The van der Waals surface area contributed by atoms with Gasteiger partial charge in [0.15, 0.2) is 0 Å². The van der Waals surface area contributed by atoms with Crippen molar-refractivity contribution in [3.63, 3.8) is 0 Å². The van der Waals surface area contributed by atoms with Gasteiger partial charge in [0.2, 0.25) is 0 Å². The Kier molecular flexibility index (Phi) is 5.56. The van der Waals surface area contributed by atoms with Crippen LogP contribution in [0.4, 0.5) is 5.69 Å². The van der Waals surface area contributed by atoms with Gasteiger partial charge < -0.3 is 10.2 Å². The molecule has 1 aromatic heterocycles. The number of pyridine rings is 1. The van der Waals surface area contributed by atoms with Crippen LogP contribution >= 0.6 is 0 Å². The zero-order valence-corrected chi connectivity index (χ0v) is 12.3. The average molecular weight is 269 g/mol. The van der Waals surface area contributed by atoms with Gasteiger partial charge in [-0.25, -0.2) is 0 Å². The van der Waals surface area contributed by atoms with Crippen molar-refractivity contribution >= 4 is 5.69 Å². The molecule has 2 rings (SSSR count). The number of rotatable bonds is 7. The highest BCUT2D eigenvalue weighted by atomic mass is 15.1. The minimum absolute atomic E-state index is 0.899. The Morgan fingerprint density at radius 1 is 1.00 bits per heavy atom. The predicted molar refractivity (Wildman–Crippen MR) is 84.8 cm³/mol. The third-order valence-electron chi connectivity index (χ3n) is 3.30. The van der Waals surface area contributed by atoms with E-state index in [1.165, 1.54) is 23.2 Å². The van der Waals surface area contributed by atoms with Crippen molar-refractivity contribution in [3.8, 4) is 0 Å². The first kappa shape index (κ1) is 14.5. The summed E-state index contributed by atoms with van der Waals surface area (Å²) in [7, 11) is 2.12. The number of nitrogens with zero attached hydrogens (tertiary/aromatic N) is 2. The second-order valence-corrected chi connectivity index (χ2v) is 5.05. The van der Waals surface area contributed by atoms with Crippen LogP contribution in [0.25, 0.3) is 0 Å². The van der Waals surface area contributed by atoms with Gasteiger partial charge in [0, 0.05) is 38.2 Å². The first-order valence-corrected chi connectivity index (χ1v) is 7.19. The molecular weight excluding hydrogens is 246 g/mol. The quantitative estimate of drug-likeness (QED) is 0.782. The molecule has 2 aromatic rings. The SMILES string of the molecule is CCCNCc1ccc(N(C)Cc2ccncc2)cc1. The Hall–Kier alpha value is -1.87. The molecule has 0 unspecified atom stereocenters. The smallest absolute Gasteiger partial charge is 0.0427 e. The van der Waals surface area contributed by atoms with E-state index in [1.54, 1.807) is 0 Å². The fourth-order valence-corrected chi connectivity index (χ4v) is 2.13. The molecule has 1 aromatic carbocycles. The molecule has 0 radical (unpaired) electrons. The molecular formula is C17H23N3. The van der Waals surface area contributed by atoms with E-state index < -0.39 is 0 Å². The molecule has 0 aliphatic carbocycles. The molecule has 3 nitrogen and oxygen atoms in total. The maximum atomic E-state index is 4.05. The van der Waals surface area contributed by atoms with E-state index in [0.717, 1.165) is 19.6 Å². The first-order chi connectivity index (χ1) is 9.79. The van der Waals surface area contributed by atoms with Crippen LogP contribution in [0, 0.1) is 0 Å². The third-order valence-corrected chi connectivity index (χ3v) is 3.30. The summed E-state index contributed by atoms with van der Waals surface area (Å²) in [6.45, 7) is 5.10. The number of nitrogens with one attached hydrogen (secondary N) is 1. The monoisotopic (exact) mass is 269 g/mol. The molecule has 106 valence electrons. The van der Waals surface area contributed by atoms with Crippen molar-refractivity contribution in [2.45, 2.75) is 26.4 Å². The van der Waals surface area contributed by atoms with Gasteiger partial charge in [-0.3, -0.25) is 4.98 Å². The zero-order valence-electron chi connectivity index (χ0n) is 12.3. The molecule has 20 heavy (non-hydrogen) atoms. The lowest BCUT2D eigenvalue weighted by Crippen LogP contribution is -2.17. The lowest BCUT2D eigenvalue weighted by atomic mass is 10.2. The van der Waals surface area contributed by atoms with Gasteiger partial charge in [0.05, 0.1) is 0 Å². The summed E-state index contributed by atoms with van der Waals surface area (Å²) in [5.74, 6) is 0. The average Bonchev–Trinajstić information content (AvgIpc) is 2.49. The van der Waals surface area contributed by atoms with E-state index in [9.17, 15) is 0 Å². The van der Waals surface area contributed by atoms with E-state index in [4.69, 9.17) is 0 Å². The third kappa shape index (κ3) is 4.35. The number of anilines is 1. The van der Waals surface area contributed by atoms with Gasteiger partial charge >= 0.3 is 0 Å². The second kappa shape index (κ2) is 7.65. The van der Waals surface area contributed by atoms with Crippen molar-refractivity contribution < 1.29 is 0 Å². The molecule has 1 heterocycles. The fourth-order valence-electron chi connectivity index (χ4n) is 2.13. The van der Waals surface area contributed by atoms with E-state index in [2.05, 4.69) is 65.6 Å². The van der Waals surface area contributed by atoms with Crippen molar-refractivity contribution in [3.05, 3.63) is 59.9 Å². The predicted octanol–water partition coefficient (Wildman–Crippen LogP) is 3.22. The van der Waals surface area contributed by atoms with Gasteiger partial charge in [-0.15, -0.1) is 0 Å². The van der Waals surface area contributed by atoms with Crippen molar-refractivity contribution in [2.24, 2.45) is 0 Å². The maximum Gasteiger partial charge on any atom is 0.0427 e. The minimum Gasteiger partial charge on any atom is -0.370 e. The summed E-state index contributed by atoms with van der Waals surface area (Å²) in [5, 5.41) is 3.42. The Balaban J connectivity index is 1.92. The highest BCUT2D eigenvalue weighted by Crippen LogP contribution is 2.16. The molecule has 3 heteroatoms. The summed E-state index contributed by atoms with van der Waals surface area (Å²) >= 11 is 0. The van der Waals surface area contributed by atoms with Gasteiger partial charge in [-0.2, -0.15) is 0 Å². The van der Waals surface area contributed by atoms with Crippen LogP contribution in [0.2, 0.25) is 0 Å². The van der Waals surface area contributed by atoms with Gasteiger partial charge in [0.25, 0.3) is 0 Å². The first-order valence-electron chi connectivity index (χ1n) is 7.19. The Labute approximate surface area is 121 Å². The van der Waals surface area contributed by atoms with E-state index >= 15 is 0 Å². The maximum absolute atomic E-state index is 4.05. The number of hydrogen-bond acceptors (Lipinski definition) is 3. The summed E-state index contributed by atoms with van der Waals surface area (Å²) in [6, 6.07) is 12.9. The molecule has 0 bridgehead atoms. The summed E-state index contributed by atoms with van der Waals surface area (Å²) in [5.41, 5.74) is 3.84. The Bertz CT molecular complexity index is 493. The van der Waals surface area contributed by atoms with Gasteiger partial charge in [-0.05, 0) is 48.4 Å². The van der Waals surface area contributed by atoms with Crippen LogP contribution in [0.15, 0.2) is 48.8 Å². The molecule has 0 fully saturated rings. The molecule has 0 spiro atoms. The van der Waals surface area contributed by atoms with Crippen LogP contribution in [0.5, 0.6) is 0 Å². The highest BCUT2D eigenvalue weighted by Gasteiger charge is 2.02. The molecule has 1 N–H and O–H groups in total. The van der Waals surface area contributed by atoms with E-state index in [0.29, 0.717) is 0 Å². The number of benzene rings is 1. The van der Waals surface area contributed by atoms with E-state index in [-0.39, 0.29) is 0 Å². The van der Waals surface area contributed by atoms with Crippen molar-refractivity contribution in [1.82, 2.24) is 10.3 Å². The molecule has 0 saturated carbocycles. The summed E-state index contributed by atoms with van der Waals surface area (Å²) in [6.07, 6.45) is 4.85.